The Morgan fingerprint density at radius 3 is 2.42 bits per heavy atom. The van der Waals surface area contributed by atoms with Gasteiger partial charge in [-0.15, -0.1) is 13.2 Å². The number of nitrogens with zero attached hydrogens (tertiary/aromatic N) is 7. The number of pyridine rings is 1. The number of sulfonamides is 1. The van der Waals surface area contributed by atoms with Gasteiger partial charge in [-0.1, -0.05) is 23.7 Å². The van der Waals surface area contributed by atoms with Crippen LogP contribution in [-0.4, -0.2) is 61.0 Å². The minimum Gasteiger partial charge on any atom is -0.406 e. The fourth-order valence-electron chi connectivity index (χ4n) is 8.47. The molecule has 9 rings (SSSR count). The summed E-state index contributed by atoms with van der Waals surface area (Å²) in [6.45, 7) is -1.08. The largest absolute Gasteiger partial charge is 0.573 e. The van der Waals surface area contributed by atoms with Crippen LogP contribution < -0.4 is 20.3 Å². The average molecular weight is 966 g/mol. The molecule has 0 bridgehead atoms. The number of aromatic nitrogens is 7. The number of hydrogen-bond donors (Lipinski definition) is 2. The van der Waals surface area contributed by atoms with Gasteiger partial charge in [-0.3, -0.25) is 28.2 Å². The van der Waals surface area contributed by atoms with E-state index in [2.05, 4.69) is 34.9 Å². The third-order valence-electron chi connectivity index (χ3n) is 11.0. The average Bonchev–Trinajstić information content (AvgIpc) is 3.75. The maximum absolute atomic E-state index is 15.5. The zero-order valence-electron chi connectivity index (χ0n) is 33.6. The first-order valence-corrected chi connectivity index (χ1v) is 21.7. The van der Waals surface area contributed by atoms with Crippen molar-refractivity contribution >= 4 is 55.3 Å². The summed E-state index contributed by atoms with van der Waals surface area (Å²) < 4.78 is 162. The van der Waals surface area contributed by atoms with Crippen LogP contribution in [0.1, 0.15) is 53.1 Å². The van der Waals surface area contributed by atoms with Crippen LogP contribution in [0.15, 0.2) is 71.5 Å². The first-order valence-electron chi connectivity index (χ1n) is 19.4. The number of aryl methyl sites for hydroxylation is 1. The van der Waals surface area contributed by atoms with Crippen LogP contribution in [0.25, 0.3) is 38.9 Å². The van der Waals surface area contributed by atoms with Gasteiger partial charge in [0.1, 0.15) is 41.1 Å². The quantitative estimate of drug-likeness (QED) is 0.115. The Morgan fingerprint density at radius 1 is 1.02 bits per heavy atom. The van der Waals surface area contributed by atoms with Crippen molar-refractivity contribution in [2.24, 2.45) is 13.0 Å². The maximum atomic E-state index is 15.5. The predicted octanol–water partition coefficient (Wildman–Crippen LogP) is 7.98. The Morgan fingerprint density at radius 2 is 1.74 bits per heavy atom. The number of carbonyl (C=O) groups is 1. The first kappa shape index (κ1) is 44.5. The van der Waals surface area contributed by atoms with Crippen molar-refractivity contribution in [2.45, 2.75) is 50.1 Å². The third kappa shape index (κ3) is 8.15. The number of carbonyl (C=O) groups excluding carboxylic acids is 1. The summed E-state index contributed by atoms with van der Waals surface area (Å²) in [4.78, 5) is 38.2. The second kappa shape index (κ2) is 15.7. The van der Waals surface area contributed by atoms with Crippen LogP contribution >= 0.6 is 11.6 Å². The number of anilines is 1. The smallest absolute Gasteiger partial charge is 0.406 e. The van der Waals surface area contributed by atoms with Gasteiger partial charge in [0, 0.05) is 36.6 Å². The molecule has 66 heavy (non-hydrogen) atoms. The van der Waals surface area contributed by atoms with Crippen molar-refractivity contribution in [3.63, 3.8) is 0 Å². The molecule has 1 fully saturated rings. The molecule has 2 N–H and O–H groups in total. The lowest BCUT2D eigenvalue weighted by molar-refractivity contribution is -0.274. The van der Waals surface area contributed by atoms with Gasteiger partial charge in [-0.2, -0.15) is 19.0 Å². The Labute approximate surface area is 370 Å². The maximum Gasteiger partial charge on any atom is 0.573 e. The van der Waals surface area contributed by atoms with Gasteiger partial charge in [0.15, 0.2) is 11.5 Å². The van der Waals surface area contributed by atoms with Gasteiger partial charge in [0.05, 0.1) is 45.0 Å². The van der Waals surface area contributed by atoms with Crippen molar-refractivity contribution in [1.29, 1.82) is 0 Å². The van der Waals surface area contributed by atoms with Crippen molar-refractivity contribution in [2.75, 3.05) is 11.0 Å². The number of ether oxygens (including phenoxy) is 1. The summed E-state index contributed by atoms with van der Waals surface area (Å²) in [5, 5.41) is 10.2. The lowest BCUT2D eigenvalue weighted by Crippen LogP contribution is -2.38. The molecule has 2 aliphatic rings. The van der Waals surface area contributed by atoms with Gasteiger partial charge >= 0.3 is 6.36 Å². The van der Waals surface area contributed by atoms with Crippen LogP contribution in [0.5, 0.6) is 5.75 Å². The molecule has 2 aliphatic carbocycles. The van der Waals surface area contributed by atoms with Crippen LogP contribution in [0, 0.1) is 17.6 Å². The highest BCUT2D eigenvalue weighted by molar-refractivity contribution is 7.92. The second-order valence-corrected chi connectivity index (χ2v) is 17.8. The fourth-order valence-corrected chi connectivity index (χ4v) is 9.21. The van der Waals surface area contributed by atoms with E-state index in [1.807, 2.05) is 0 Å². The molecule has 1 amide bonds. The molecule has 3 atom stereocenters. The first-order chi connectivity index (χ1) is 31.0. The molecular formula is C41H29ClF9N9O5S. The van der Waals surface area contributed by atoms with E-state index < -0.39 is 106 Å². The van der Waals surface area contributed by atoms with Crippen LogP contribution in [0.3, 0.4) is 0 Å². The van der Waals surface area contributed by atoms with E-state index in [0.29, 0.717) is 10.7 Å². The third-order valence-corrected chi connectivity index (χ3v) is 11.9. The molecule has 4 aromatic heterocycles. The van der Waals surface area contributed by atoms with E-state index in [-0.39, 0.29) is 67.3 Å². The van der Waals surface area contributed by atoms with E-state index in [1.165, 1.54) is 48.1 Å². The van der Waals surface area contributed by atoms with Crippen molar-refractivity contribution in [1.82, 2.24) is 39.4 Å². The Balaban J connectivity index is 1.25. The van der Waals surface area contributed by atoms with Gasteiger partial charge in [-0.25, -0.2) is 35.9 Å². The highest BCUT2D eigenvalue weighted by Crippen LogP contribution is 2.68. The Kier molecular flexibility index (Phi) is 10.6. The number of amides is 1. The molecular weight excluding hydrogens is 937 g/mol. The number of fused-ring (bicyclic) bond motifs is 5. The number of nitrogens with one attached hydrogen (secondary N) is 2. The molecule has 344 valence electrons. The van der Waals surface area contributed by atoms with Crippen LogP contribution in [-0.2, 0) is 40.8 Å². The van der Waals surface area contributed by atoms with E-state index in [9.17, 15) is 48.7 Å². The lowest BCUT2D eigenvalue weighted by Gasteiger charge is -2.24. The SMILES string of the molecule is Cn1nc(NS(C)(=O)=O)c2c(Cl)ccc(-n3c([C@H](Cc4cc(F)cc(F)c4)NC(=O)Cn4nc(C(F)F)c5c4C(F)(F)[C@@H]4C[C@H]54)nc4nc(-c5cccc(OC(F)(F)F)c5)ccc4c3=O)c21. The molecule has 0 saturated heterocycles. The van der Waals surface area contributed by atoms with Crippen LogP contribution in [0.2, 0.25) is 5.02 Å². The number of benzene rings is 3. The number of alkyl halides is 7. The minimum absolute atomic E-state index is 0.00138. The molecule has 3 aromatic carbocycles. The van der Waals surface area contributed by atoms with Gasteiger partial charge in [-0.05, 0) is 66.4 Å². The monoisotopic (exact) mass is 965 g/mol. The topological polar surface area (TPSA) is 168 Å². The lowest BCUT2D eigenvalue weighted by atomic mass is 10.0. The molecule has 4 heterocycles. The minimum atomic E-state index is -5.05. The highest BCUT2D eigenvalue weighted by Gasteiger charge is 2.67. The normalized spacial score (nSPS) is 17.0. The summed E-state index contributed by atoms with van der Waals surface area (Å²) >= 11 is 6.59. The zero-order chi connectivity index (χ0) is 47.4. The Bertz CT molecular complexity index is 3320. The summed E-state index contributed by atoms with van der Waals surface area (Å²) in [7, 11) is -2.61. The molecule has 1 saturated carbocycles. The molecule has 14 nitrogen and oxygen atoms in total. The molecule has 0 aliphatic heterocycles. The second-order valence-electron chi connectivity index (χ2n) is 15.7. The van der Waals surface area contributed by atoms with E-state index >= 15 is 8.78 Å². The summed E-state index contributed by atoms with van der Waals surface area (Å²) in [6.07, 6.45) is -8.12. The predicted molar refractivity (Wildman–Crippen MR) is 218 cm³/mol. The molecule has 0 unspecified atom stereocenters. The highest BCUT2D eigenvalue weighted by atomic mass is 35.5. The fraction of sp³-hybridized carbons (Fsp3) is 0.268. The van der Waals surface area contributed by atoms with Gasteiger partial charge in [0.25, 0.3) is 17.9 Å². The number of halogens is 10. The van der Waals surface area contributed by atoms with E-state index in [0.717, 1.165) is 35.1 Å². The molecule has 7 aromatic rings. The standard InChI is InChI=1S/C41H29ClF9N9O5S/c1-58-33-28(9-7-25(42)31(33)37(56-58)57-66(2,63)64)60-38(54-36-22(39(60)62)6-8-26(53-36)18-4-3-5-21(13-18)65-41(49,50)51)27(12-17-10-19(43)14-20(44)11-17)52-29(61)16-59-34-30(32(55-59)35(45)46)23-15-24(23)40(34,47)48/h3-11,13-14,23-24,27,35H,12,15-16H2,1-2H3,(H,52,61)(H,56,57)/t23-,24+,27-/m0/s1. The molecule has 0 radical (unpaired) electrons. The van der Waals surface area contributed by atoms with E-state index in [4.69, 9.17) is 11.6 Å². The zero-order valence-corrected chi connectivity index (χ0v) is 35.2. The summed E-state index contributed by atoms with van der Waals surface area (Å²) in [5.41, 5.74) is -3.67. The van der Waals surface area contributed by atoms with Crippen molar-refractivity contribution in [3.05, 3.63) is 122 Å². The van der Waals surface area contributed by atoms with Crippen LogP contribution in [0.4, 0.5) is 45.3 Å². The van der Waals surface area contributed by atoms with Gasteiger partial charge in [0.2, 0.25) is 15.9 Å². The molecule has 25 heteroatoms. The summed E-state index contributed by atoms with van der Waals surface area (Å²) in [6, 6.07) is 10.5. The number of hydrogen-bond acceptors (Lipinski definition) is 9. The van der Waals surface area contributed by atoms with Crippen molar-refractivity contribution < 1.29 is 57.5 Å². The van der Waals surface area contributed by atoms with Gasteiger partial charge < -0.3 is 10.1 Å². The van der Waals surface area contributed by atoms with Crippen molar-refractivity contribution in [3.8, 4) is 22.7 Å². The number of rotatable bonds is 12. The summed E-state index contributed by atoms with van der Waals surface area (Å²) in [5.74, 6) is -10.4. The molecule has 0 spiro atoms. The Hall–Kier alpha value is -6.69. The van der Waals surface area contributed by atoms with E-state index in [1.54, 1.807) is 0 Å².